The van der Waals surface area contributed by atoms with E-state index in [4.69, 9.17) is 0 Å². The molecule has 0 aliphatic heterocycles. The maximum Gasteiger partial charge on any atom is 0.131 e. The second kappa shape index (κ2) is 7.73. The summed E-state index contributed by atoms with van der Waals surface area (Å²) in [6.45, 7) is 5.73. The van der Waals surface area contributed by atoms with Crippen LogP contribution in [0, 0.1) is 0 Å². The minimum atomic E-state index is 0.271. The molecule has 2 nitrogen and oxygen atoms in total. The molecule has 0 aromatic rings. The second-order valence-electron chi connectivity index (χ2n) is 2.91. The smallest absolute Gasteiger partial charge is 0.131 e. The van der Waals surface area contributed by atoms with Crippen molar-refractivity contribution in [2.24, 2.45) is 0 Å². The number of hydrogen-bond acceptors (Lipinski definition) is 2. The first-order valence-corrected chi connectivity index (χ1v) is 4.47. The number of carbonyl (C=O) groups is 1. The summed E-state index contributed by atoms with van der Waals surface area (Å²) in [6.07, 6.45) is 4.45. The molecular formula is C9H19NO. The Balaban J connectivity index is 2.85. The first-order valence-electron chi connectivity index (χ1n) is 4.47. The monoisotopic (exact) mass is 157 g/mol. The highest BCUT2D eigenvalue weighted by Gasteiger charge is 1.91. The minimum absolute atomic E-state index is 0.271. The number of carbonyl (C=O) groups excluding carboxylic acids is 1. The van der Waals surface area contributed by atoms with Gasteiger partial charge in [0.1, 0.15) is 5.78 Å². The molecule has 0 saturated carbocycles. The summed E-state index contributed by atoms with van der Waals surface area (Å²) in [5, 5.41) is 3.23. The molecule has 0 spiro atoms. The summed E-state index contributed by atoms with van der Waals surface area (Å²) in [5.74, 6) is 0.271. The van der Waals surface area contributed by atoms with Crippen molar-refractivity contribution in [2.45, 2.75) is 39.5 Å². The third kappa shape index (κ3) is 9.63. The molecule has 0 aliphatic carbocycles. The molecule has 0 atom stereocenters. The van der Waals surface area contributed by atoms with Crippen molar-refractivity contribution < 1.29 is 4.79 Å². The molecule has 0 rings (SSSR count). The van der Waals surface area contributed by atoms with Gasteiger partial charge in [0.15, 0.2) is 0 Å². The Hall–Kier alpha value is -0.370. The van der Waals surface area contributed by atoms with Crippen LogP contribution >= 0.6 is 0 Å². The van der Waals surface area contributed by atoms with Crippen LogP contribution in [0.3, 0.4) is 0 Å². The van der Waals surface area contributed by atoms with Crippen molar-refractivity contribution in [3.05, 3.63) is 0 Å². The minimum Gasteiger partial charge on any atom is -0.316 e. The molecule has 0 radical (unpaired) electrons. The van der Waals surface area contributed by atoms with Crippen molar-refractivity contribution in [3.63, 3.8) is 0 Å². The molecule has 0 aromatic carbocycles. The van der Waals surface area contributed by atoms with E-state index in [-0.39, 0.29) is 5.78 Å². The van der Waals surface area contributed by atoms with Gasteiger partial charge >= 0.3 is 0 Å². The van der Waals surface area contributed by atoms with Crippen LogP contribution in [0.1, 0.15) is 39.5 Å². The molecular weight excluding hydrogens is 138 g/mol. The number of hydrogen-bond donors (Lipinski definition) is 1. The molecule has 0 aliphatic rings. The van der Waals surface area contributed by atoms with Crippen molar-refractivity contribution in [1.82, 2.24) is 5.32 Å². The average molecular weight is 157 g/mol. The highest BCUT2D eigenvalue weighted by molar-refractivity contribution is 5.75. The van der Waals surface area contributed by atoms with Gasteiger partial charge in [0.05, 0.1) is 0 Å². The van der Waals surface area contributed by atoms with E-state index in [1.807, 2.05) is 0 Å². The van der Waals surface area contributed by atoms with E-state index in [2.05, 4.69) is 12.2 Å². The lowest BCUT2D eigenvalue weighted by molar-refractivity contribution is -0.116. The van der Waals surface area contributed by atoms with Crippen molar-refractivity contribution in [1.29, 1.82) is 0 Å². The summed E-state index contributed by atoms with van der Waals surface area (Å²) in [4.78, 5) is 10.5. The zero-order chi connectivity index (χ0) is 8.53. The van der Waals surface area contributed by atoms with Crippen molar-refractivity contribution in [3.8, 4) is 0 Å². The fraction of sp³-hybridized carbons (Fsp3) is 0.889. The van der Waals surface area contributed by atoms with Gasteiger partial charge in [-0.2, -0.15) is 0 Å². The Labute approximate surface area is 69.4 Å². The van der Waals surface area contributed by atoms with Crippen molar-refractivity contribution >= 4 is 5.78 Å². The van der Waals surface area contributed by atoms with Crippen LogP contribution in [-0.2, 0) is 4.79 Å². The first-order chi connectivity index (χ1) is 5.27. The predicted molar refractivity (Wildman–Crippen MR) is 47.7 cm³/mol. The summed E-state index contributed by atoms with van der Waals surface area (Å²) < 4.78 is 0. The summed E-state index contributed by atoms with van der Waals surface area (Å²) in [5.41, 5.74) is 0. The van der Waals surface area contributed by atoms with Crippen LogP contribution in [0.4, 0.5) is 0 Å². The summed E-state index contributed by atoms with van der Waals surface area (Å²) in [6, 6.07) is 0. The number of Topliss-reactive ketones (excluding diaryl/α,β-unsaturated/α-hetero) is 1. The average Bonchev–Trinajstić information content (AvgIpc) is 1.96. The lowest BCUT2D eigenvalue weighted by atomic mass is 10.2. The lowest BCUT2D eigenvalue weighted by Gasteiger charge is -2.00. The van der Waals surface area contributed by atoms with E-state index in [1.54, 1.807) is 6.92 Å². The van der Waals surface area contributed by atoms with Gasteiger partial charge in [0.25, 0.3) is 0 Å². The fourth-order valence-corrected chi connectivity index (χ4v) is 0.889. The molecule has 66 valence electrons. The molecule has 11 heavy (non-hydrogen) atoms. The Bertz CT molecular complexity index is 102. The van der Waals surface area contributed by atoms with E-state index in [1.165, 1.54) is 19.3 Å². The quantitative estimate of drug-likeness (QED) is 0.570. The van der Waals surface area contributed by atoms with E-state index >= 15 is 0 Å². The normalized spacial score (nSPS) is 10.0. The van der Waals surface area contributed by atoms with Crippen LogP contribution < -0.4 is 5.32 Å². The Morgan fingerprint density at radius 1 is 1.27 bits per heavy atom. The van der Waals surface area contributed by atoms with E-state index in [0.29, 0.717) is 6.42 Å². The Kier molecular flexibility index (Phi) is 7.47. The number of nitrogens with one attached hydrogen (secondary N) is 1. The zero-order valence-electron chi connectivity index (χ0n) is 7.65. The highest BCUT2D eigenvalue weighted by atomic mass is 16.1. The SMILES string of the molecule is CCCCCNCCC(C)=O. The van der Waals surface area contributed by atoms with Gasteiger partial charge in [-0.1, -0.05) is 19.8 Å². The van der Waals surface area contributed by atoms with Gasteiger partial charge in [-0.15, -0.1) is 0 Å². The van der Waals surface area contributed by atoms with Gasteiger partial charge in [-0.25, -0.2) is 0 Å². The predicted octanol–water partition coefficient (Wildman–Crippen LogP) is 1.75. The van der Waals surface area contributed by atoms with Gasteiger partial charge < -0.3 is 5.32 Å². The van der Waals surface area contributed by atoms with Gasteiger partial charge in [-0.3, -0.25) is 4.79 Å². The van der Waals surface area contributed by atoms with Gasteiger partial charge in [0.2, 0.25) is 0 Å². The number of ketones is 1. The van der Waals surface area contributed by atoms with E-state index in [0.717, 1.165) is 13.1 Å². The maximum absolute atomic E-state index is 10.5. The third-order valence-electron chi connectivity index (χ3n) is 1.61. The van der Waals surface area contributed by atoms with Crippen LogP contribution in [0.15, 0.2) is 0 Å². The van der Waals surface area contributed by atoms with Crippen LogP contribution in [0.2, 0.25) is 0 Å². The Morgan fingerprint density at radius 2 is 2.00 bits per heavy atom. The zero-order valence-corrected chi connectivity index (χ0v) is 7.65. The van der Waals surface area contributed by atoms with Crippen LogP contribution in [-0.4, -0.2) is 18.9 Å². The molecule has 0 bridgehead atoms. The van der Waals surface area contributed by atoms with E-state index in [9.17, 15) is 4.79 Å². The molecule has 0 saturated heterocycles. The molecule has 0 heterocycles. The molecule has 1 N–H and O–H groups in total. The standard InChI is InChI=1S/C9H19NO/c1-3-4-5-7-10-8-6-9(2)11/h10H,3-8H2,1-2H3. The Morgan fingerprint density at radius 3 is 2.55 bits per heavy atom. The fourth-order valence-electron chi connectivity index (χ4n) is 0.889. The van der Waals surface area contributed by atoms with Gasteiger partial charge in [0, 0.05) is 13.0 Å². The van der Waals surface area contributed by atoms with Crippen LogP contribution in [0.25, 0.3) is 0 Å². The molecule has 0 fully saturated rings. The lowest BCUT2D eigenvalue weighted by Crippen LogP contribution is -2.18. The van der Waals surface area contributed by atoms with Crippen LogP contribution in [0.5, 0.6) is 0 Å². The maximum atomic E-state index is 10.5. The topological polar surface area (TPSA) is 29.1 Å². The summed E-state index contributed by atoms with van der Waals surface area (Å²) in [7, 11) is 0. The highest BCUT2D eigenvalue weighted by Crippen LogP contribution is 1.90. The third-order valence-corrected chi connectivity index (χ3v) is 1.61. The van der Waals surface area contributed by atoms with Gasteiger partial charge in [-0.05, 0) is 19.9 Å². The largest absolute Gasteiger partial charge is 0.316 e. The second-order valence-corrected chi connectivity index (χ2v) is 2.91. The molecule has 0 amide bonds. The number of unbranched alkanes of at least 4 members (excludes halogenated alkanes) is 2. The molecule has 2 heteroatoms. The van der Waals surface area contributed by atoms with Crippen molar-refractivity contribution in [2.75, 3.05) is 13.1 Å². The number of rotatable bonds is 7. The molecule has 0 unspecified atom stereocenters. The summed E-state index contributed by atoms with van der Waals surface area (Å²) >= 11 is 0. The molecule has 0 aromatic heterocycles. The van der Waals surface area contributed by atoms with E-state index < -0.39 is 0 Å². The first kappa shape index (κ1) is 10.6.